The second kappa shape index (κ2) is 4.81. The summed E-state index contributed by atoms with van der Waals surface area (Å²) >= 11 is 5.64. The third kappa shape index (κ3) is 2.61. The molecule has 2 N–H and O–H groups in total. The first-order valence-electron chi connectivity index (χ1n) is 4.70. The summed E-state index contributed by atoms with van der Waals surface area (Å²) in [5.41, 5.74) is 7.06. The van der Waals surface area contributed by atoms with E-state index in [1.54, 1.807) is 0 Å². The number of nitrogens with zero attached hydrogens (tertiary/aromatic N) is 2. The monoisotopic (exact) mass is 235 g/mol. The van der Waals surface area contributed by atoms with E-state index in [4.69, 9.17) is 22.1 Å². The van der Waals surface area contributed by atoms with Crippen LogP contribution < -0.4 is 10.5 Å². The SMILES string of the molecule is Nc1cnc(Cl)nc1OCc1ccccc1. The quantitative estimate of drug-likeness (QED) is 0.830. The number of nitrogen functional groups attached to an aromatic ring is 1. The van der Waals surface area contributed by atoms with Crippen molar-refractivity contribution in [2.75, 3.05) is 5.73 Å². The number of benzene rings is 1. The van der Waals surface area contributed by atoms with Crippen LogP contribution in [0.15, 0.2) is 36.5 Å². The average molecular weight is 236 g/mol. The maximum Gasteiger partial charge on any atom is 0.241 e. The average Bonchev–Trinajstić information content (AvgIpc) is 2.32. The number of anilines is 1. The molecule has 0 atom stereocenters. The molecule has 0 aliphatic carbocycles. The van der Waals surface area contributed by atoms with Crippen LogP contribution in [0.1, 0.15) is 5.56 Å². The Bertz CT molecular complexity index is 476. The molecule has 2 aromatic rings. The lowest BCUT2D eigenvalue weighted by molar-refractivity contribution is 0.295. The molecule has 0 spiro atoms. The van der Waals surface area contributed by atoms with Gasteiger partial charge in [-0.1, -0.05) is 30.3 Å². The molecule has 1 aromatic carbocycles. The van der Waals surface area contributed by atoms with Gasteiger partial charge in [-0.3, -0.25) is 0 Å². The van der Waals surface area contributed by atoms with E-state index >= 15 is 0 Å². The molecule has 1 aromatic heterocycles. The van der Waals surface area contributed by atoms with Crippen molar-refractivity contribution in [1.29, 1.82) is 0 Å². The Morgan fingerprint density at radius 3 is 2.75 bits per heavy atom. The van der Waals surface area contributed by atoms with Crippen LogP contribution in [0.4, 0.5) is 5.69 Å². The van der Waals surface area contributed by atoms with Crippen LogP contribution in [0.5, 0.6) is 5.88 Å². The molecule has 2 rings (SSSR count). The molecule has 0 fully saturated rings. The summed E-state index contributed by atoms with van der Waals surface area (Å²) in [6.07, 6.45) is 1.43. The Kier molecular flexibility index (Phi) is 3.22. The molecule has 82 valence electrons. The molecule has 16 heavy (non-hydrogen) atoms. The van der Waals surface area contributed by atoms with Crippen molar-refractivity contribution in [3.63, 3.8) is 0 Å². The molecule has 1 heterocycles. The maximum absolute atomic E-state index is 5.64. The van der Waals surface area contributed by atoms with Gasteiger partial charge in [0.2, 0.25) is 11.2 Å². The highest BCUT2D eigenvalue weighted by Crippen LogP contribution is 2.19. The van der Waals surface area contributed by atoms with Gasteiger partial charge in [0.25, 0.3) is 0 Å². The lowest BCUT2D eigenvalue weighted by Crippen LogP contribution is -2.01. The van der Waals surface area contributed by atoms with Gasteiger partial charge in [-0.25, -0.2) is 4.98 Å². The van der Waals surface area contributed by atoms with Crippen molar-refractivity contribution in [2.24, 2.45) is 0 Å². The van der Waals surface area contributed by atoms with Crippen molar-refractivity contribution in [1.82, 2.24) is 9.97 Å². The van der Waals surface area contributed by atoms with Crippen LogP contribution in [-0.4, -0.2) is 9.97 Å². The number of nitrogens with two attached hydrogens (primary N) is 1. The first-order chi connectivity index (χ1) is 7.75. The number of aromatic nitrogens is 2. The normalized spacial score (nSPS) is 10.1. The number of hydrogen-bond donors (Lipinski definition) is 1. The van der Waals surface area contributed by atoms with Crippen molar-refractivity contribution in [3.8, 4) is 5.88 Å². The van der Waals surface area contributed by atoms with E-state index in [1.165, 1.54) is 6.20 Å². The topological polar surface area (TPSA) is 61.0 Å². The van der Waals surface area contributed by atoms with Crippen LogP contribution in [0, 0.1) is 0 Å². The minimum Gasteiger partial charge on any atom is -0.471 e. The molecule has 0 bridgehead atoms. The van der Waals surface area contributed by atoms with Gasteiger partial charge in [0, 0.05) is 0 Å². The second-order valence-corrected chi connectivity index (χ2v) is 3.51. The Balaban J connectivity index is 2.08. The van der Waals surface area contributed by atoms with Crippen LogP contribution in [0.3, 0.4) is 0 Å². The van der Waals surface area contributed by atoms with E-state index < -0.39 is 0 Å². The van der Waals surface area contributed by atoms with Gasteiger partial charge in [0.1, 0.15) is 12.3 Å². The molecule has 0 saturated carbocycles. The number of ether oxygens (including phenoxy) is 1. The molecule has 0 aliphatic rings. The summed E-state index contributed by atoms with van der Waals surface area (Å²) in [5.74, 6) is 0.309. The third-order valence-corrected chi connectivity index (χ3v) is 2.15. The van der Waals surface area contributed by atoms with Gasteiger partial charge >= 0.3 is 0 Å². The Hall–Kier alpha value is -1.81. The van der Waals surface area contributed by atoms with Gasteiger partial charge in [-0.15, -0.1) is 0 Å². The van der Waals surface area contributed by atoms with E-state index in [0.29, 0.717) is 18.2 Å². The van der Waals surface area contributed by atoms with Crippen LogP contribution in [-0.2, 0) is 6.61 Å². The van der Waals surface area contributed by atoms with E-state index in [1.807, 2.05) is 30.3 Å². The standard InChI is InChI=1S/C11H10ClN3O/c12-11-14-6-9(13)10(15-11)16-7-8-4-2-1-3-5-8/h1-6H,7,13H2. The van der Waals surface area contributed by atoms with Gasteiger partial charge in [-0.05, 0) is 17.2 Å². The summed E-state index contributed by atoms with van der Waals surface area (Å²) < 4.78 is 5.44. The molecule has 5 heteroatoms. The fourth-order valence-corrected chi connectivity index (χ4v) is 1.32. The van der Waals surface area contributed by atoms with Crippen LogP contribution in [0.2, 0.25) is 5.28 Å². The van der Waals surface area contributed by atoms with E-state index in [9.17, 15) is 0 Å². The zero-order valence-electron chi connectivity index (χ0n) is 8.43. The van der Waals surface area contributed by atoms with Crippen LogP contribution in [0.25, 0.3) is 0 Å². The van der Waals surface area contributed by atoms with Crippen molar-refractivity contribution < 1.29 is 4.74 Å². The molecule has 0 saturated heterocycles. The molecule has 4 nitrogen and oxygen atoms in total. The molecular formula is C11H10ClN3O. The van der Waals surface area contributed by atoms with Crippen LogP contribution >= 0.6 is 11.6 Å². The third-order valence-electron chi connectivity index (χ3n) is 1.97. The Morgan fingerprint density at radius 1 is 1.25 bits per heavy atom. The number of halogens is 1. The van der Waals surface area contributed by atoms with E-state index in [2.05, 4.69) is 9.97 Å². The molecular weight excluding hydrogens is 226 g/mol. The highest BCUT2D eigenvalue weighted by atomic mass is 35.5. The van der Waals surface area contributed by atoms with Gasteiger partial charge in [-0.2, -0.15) is 4.98 Å². The minimum atomic E-state index is 0.122. The lowest BCUT2D eigenvalue weighted by Gasteiger charge is -2.07. The second-order valence-electron chi connectivity index (χ2n) is 3.17. The zero-order valence-corrected chi connectivity index (χ0v) is 9.19. The molecule has 0 unspecified atom stereocenters. The van der Waals surface area contributed by atoms with Gasteiger partial charge in [0.05, 0.1) is 6.20 Å². The summed E-state index contributed by atoms with van der Waals surface area (Å²) in [6, 6.07) is 9.74. The fraction of sp³-hybridized carbons (Fsp3) is 0.0909. The molecule has 0 radical (unpaired) electrons. The Morgan fingerprint density at radius 2 is 2.00 bits per heavy atom. The van der Waals surface area contributed by atoms with Crippen molar-refractivity contribution in [2.45, 2.75) is 6.61 Å². The summed E-state index contributed by atoms with van der Waals surface area (Å²) in [6.45, 7) is 0.401. The van der Waals surface area contributed by atoms with Crippen molar-refractivity contribution in [3.05, 3.63) is 47.4 Å². The molecule has 0 aliphatic heterocycles. The van der Waals surface area contributed by atoms with Gasteiger partial charge in [0.15, 0.2) is 0 Å². The smallest absolute Gasteiger partial charge is 0.241 e. The number of rotatable bonds is 3. The maximum atomic E-state index is 5.64. The van der Waals surface area contributed by atoms with Gasteiger partial charge < -0.3 is 10.5 Å². The minimum absolute atomic E-state index is 0.122. The number of hydrogen-bond acceptors (Lipinski definition) is 4. The predicted molar refractivity (Wildman–Crippen MR) is 62.2 cm³/mol. The highest BCUT2D eigenvalue weighted by molar-refractivity contribution is 6.28. The van der Waals surface area contributed by atoms with E-state index in [-0.39, 0.29) is 5.28 Å². The summed E-state index contributed by atoms with van der Waals surface area (Å²) in [4.78, 5) is 7.64. The highest BCUT2D eigenvalue weighted by Gasteiger charge is 2.04. The summed E-state index contributed by atoms with van der Waals surface area (Å²) in [7, 11) is 0. The Labute approximate surface area is 98.0 Å². The fourth-order valence-electron chi connectivity index (χ4n) is 1.20. The predicted octanol–water partition coefficient (Wildman–Crippen LogP) is 2.29. The zero-order chi connectivity index (χ0) is 11.4. The van der Waals surface area contributed by atoms with E-state index in [0.717, 1.165) is 5.56 Å². The van der Waals surface area contributed by atoms with Crippen molar-refractivity contribution >= 4 is 17.3 Å². The first-order valence-corrected chi connectivity index (χ1v) is 5.08. The first kappa shape index (κ1) is 10.7. The summed E-state index contributed by atoms with van der Waals surface area (Å²) in [5, 5.41) is 0.122. The molecule has 0 amide bonds. The lowest BCUT2D eigenvalue weighted by atomic mass is 10.2. The largest absolute Gasteiger partial charge is 0.471 e.